The summed E-state index contributed by atoms with van der Waals surface area (Å²) in [4.78, 5) is 11.0. The molecule has 0 aliphatic carbocycles. The largest absolute Gasteiger partial charge is 0.479 e. The lowest BCUT2D eigenvalue weighted by Gasteiger charge is -2.34. The molecule has 4 heteroatoms. The first kappa shape index (κ1) is 8.01. The molecule has 2 aliphatic rings. The van der Waals surface area contributed by atoms with Crippen LogP contribution in [-0.2, 0) is 9.53 Å². The van der Waals surface area contributed by atoms with Crippen molar-refractivity contribution < 1.29 is 14.6 Å². The zero-order valence-electron chi connectivity index (χ0n) is 6.88. The molecule has 0 saturated carbocycles. The second-order valence-electron chi connectivity index (χ2n) is 3.51. The lowest BCUT2D eigenvalue weighted by molar-refractivity contribution is -0.175. The fraction of sp³-hybridized carbons (Fsp3) is 0.875. The number of aliphatic carboxylic acids is 1. The van der Waals surface area contributed by atoms with Crippen molar-refractivity contribution in [2.75, 3.05) is 19.7 Å². The molecule has 2 atom stereocenters. The third-order valence-corrected chi connectivity index (χ3v) is 2.86. The van der Waals surface area contributed by atoms with E-state index in [0.717, 1.165) is 19.4 Å². The summed E-state index contributed by atoms with van der Waals surface area (Å²) in [6.07, 6.45) is 1.96. The minimum absolute atomic E-state index is 0.170. The zero-order chi connectivity index (χ0) is 8.60. The van der Waals surface area contributed by atoms with Crippen LogP contribution in [-0.4, -0.2) is 36.4 Å². The lowest BCUT2D eigenvalue weighted by atomic mass is 9.85. The average Bonchev–Trinajstić information content (AvgIpc) is 2.48. The first-order chi connectivity index (χ1) is 5.76. The molecule has 2 fully saturated rings. The maximum atomic E-state index is 11.0. The molecule has 0 radical (unpaired) electrons. The van der Waals surface area contributed by atoms with E-state index in [1.54, 1.807) is 0 Å². The molecule has 0 spiro atoms. The third kappa shape index (κ3) is 0.949. The van der Waals surface area contributed by atoms with Gasteiger partial charge in [0.05, 0.1) is 0 Å². The van der Waals surface area contributed by atoms with Crippen LogP contribution in [0.4, 0.5) is 0 Å². The van der Waals surface area contributed by atoms with E-state index >= 15 is 0 Å². The van der Waals surface area contributed by atoms with Crippen LogP contribution in [0.15, 0.2) is 0 Å². The van der Waals surface area contributed by atoms with Gasteiger partial charge in [-0.2, -0.15) is 0 Å². The Morgan fingerprint density at radius 2 is 2.50 bits per heavy atom. The quantitative estimate of drug-likeness (QED) is 0.575. The standard InChI is InChI=1S/C8H13NO3/c10-7(11)8-5-9-4-6(8)2-1-3-12-8/h6,9H,1-5H2,(H,10,11)/t6-,8+/m1/s1. The van der Waals surface area contributed by atoms with E-state index < -0.39 is 11.6 Å². The molecular formula is C8H13NO3. The predicted molar refractivity (Wildman–Crippen MR) is 41.9 cm³/mol. The monoisotopic (exact) mass is 171 g/mol. The molecule has 0 aromatic heterocycles. The number of hydrogen-bond acceptors (Lipinski definition) is 3. The van der Waals surface area contributed by atoms with Gasteiger partial charge in [-0.25, -0.2) is 4.79 Å². The van der Waals surface area contributed by atoms with Crippen LogP contribution in [0.3, 0.4) is 0 Å². The molecule has 2 heterocycles. The third-order valence-electron chi connectivity index (χ3n) is 2.86. The van der Waals surface area contributed by atoms with Gasteiger partial charge in [0.2, 0.25) is 0 Å². The second kappa shape index (κ2) is 2.71. The van der Waals surface area contributed by atoms with Crippen LogP contribution >= 0.6 is 0 Å². The Labute approximate surface area is 70.9 Å². The van der Waals surface area contributed by atoms with Crippen LogP contribution in [0.25, 0.3) is 0 Å². The minimum atomic E-state index is -0.905. The van der Waals surface area contributed by atoms with Crippen molar-refractivity contribution in [3.63, 3.8) is 0 Å². The summed E-state index contributed by atoms with van der Waals surface area (Å²) in [5.74, 6) is -0.638. The SMILES string of the molecule is O=C(O)[C@]12CNC[C@H]1CCCO2. The van der Waals surface area contributed by atoms with E-state index in [9.17, 15) is 4.79 Å². The Bertz CT molecular complexity index is 206. The van der Waals surface area contributed by atoms with Crippen LogP contribution < -0.4 is 5.32 Å². The van der Waals surface area contributed by atoms with Crippen LogP contribution in [0.5, 0.6) is 0 Å². The summed E-state index contributed by atoms with van der Waals surface area (Å²) in [5.41, 5.74) is -0.905. The molecule has 68 valence electrons. The fourth-order valence-corrected chi connectivity index (χ4v) is 2.14. The average molecular weight is 171 g/mol. The first-order valence-corrected chi connectivity index (χ1v) is 4.34. The molecule has 2 saturated heterocycles. The predicted octanol–water partition coefficient (Wildman–Crippen LogP) is -0.160. The molecular weight excluding hydrogens is 158 g/mol. The van der Waals surface area contributed by atoms with Gasteiger partial charge >= 0.3 is 5.97 Å². The maximum Gasteiger partial charge on any atom is 0.337 e. The smallest absolute Gasteiger partial charge is 0.337 e. The van der Waals surface area contributed by atoms with Crippen molar-refractivity contribution in [1.29, 1.82) is 0 Å². The van der Waals surface area contributed by atoms with Crippen molar-refractivity contribution >= 4 is 5.97 Å². The molecule has 0 amide bonds. The molecule has 2 aliphatic heterocycles. The molecule has 0 bridgehead atoms. The van der Waals surface area contributed by atoms with Crippen molar-refractivity contribution in [1.82, 2.24) is 5.32 Å². The summed E-state index contributed by atoms with van der Waals surface area (Å²) >= 11 is 0. The van der Waals surface area contributed by atoms with E-state index in [1.807, 2.05) is 0 Å². The van der Waals surface area contributed by atoms with Crippen LogP contribution in [0.1, 0.15) is 12.8 Å². The number of hydrogen-bond donors (Lipinski definition) is 2. The number of carboxylic acid groups (broad SMARTS) is 1. The van der Waals surface area contributed by atoms with E-state index in [-0.39, 0.29) is 5.92 Å². The van der Waals surface area contributed by atoms with Crippen molar-refractivity contribution in [3.8, 4) is 0 Å². The Hall–Kier alpha value is -0.610. The highest BCUT2D eigenvalue weighted by atomic mass is 16.5. The Balaban J connectivity index is 2.23. The van der Waals surface area contributed by atoms with E-state index in [4.69, 9.17) is 9.84 Å². The molecule has 0 aromatic carbocycles. The highest BCUT2D eigenvalue weighted by Crippen LogP contribution is 2.34. The number of carboxylic acids is 1. The lowest BCUT2D eigenvalue weighted by Crippen LogP contribution is -2.51. The molecule has 12 heavy (non-hydrogen) atoms. The molecule has 2 N–H and O–H groups in total. The first-order valence-electron chi connectivity index (χ1n) is 4.34. The Kier molecular flexibility index (Phi) is 1.81. The summed E-state index contributed by atoms with van der Waals surface area (Å²) in [5, 5.41) is 12.1. The molecule has 0 aromatic rings. The molecule has 2 rings (SSSR count). The highest BCUT2D eigenvalue weighted by Gasteiger charge is 2.51. The van der Waals surface area contributed by atoms with E-state index in [0.29, 0.717) is 13.2 Å². The van der Waals surface area contributed by atoms with Crippen molar-refractivity contribution in [3.05, 3.63) is 0 Å². The van der Waals surface area contributed by atoms with Crippen molar-refractivity contribution in [2.45, 2.75) is 18.4 Å². The van der Waals surface area contributed by atoms with Gasteiger partial charge in [0.1, 0.15) is 0 Å². The van der Waals surface area contributed by atoms with Gasteiger partial charge in [0, 0.05) is 25.6 Å². The number of ether oxygens (including phenoxy) is 1. The normalized spacial score (nSPS) is 40.8. The molecule has 0 unspecified atom stereocenters. The van der Waals surface area contributed by atoms with Crippen LogP contribution in [0.2, 0.25) is 0 Å². The van der Waals surface area contributed by atoms with Gasteiger partial charge in [-0.05, 0) is 12.8 Å². The summed E-state index contributed by atoms with van der Waals surface area (Å²) in [7, 11) is 0. The molecule has 4 nitrogen and oxygen atoms in total. The van der Waals surface area contributed by atoms with Gasteiger partial charge in [-0.3, -0.25) is 0 Å². The van der Waals surface area contributed by atoms with Gasteiger partial charge < -0.3 is 15.2 Å². The number of rotatable bonds is 1. The van der Waals surface area contributed by atoms with E-state index in [2.05, 4.69) is 5.32 Å². The number of nitrogens with one attached hydrogen (secondary N) is 1. The zero-order valence-corrected chi connectivity index (χ0v) is 6.88. The van der Waals surface area contributed by atoms with E-state index in [1.165, 1.54) is 0 Å². The minimum Gasteiger partial charge on any atom is -0.479 e. The number of fused-ring (bicyclic) bond motifs is 1. The summed E-state index contributed by atoms with van der Waals surface area (Å²) in [6.45, 7) is 1.84. The van der Waals surface area contributed by atoms with Gasteiger partial charge in [0.25, 0.3) is 0 Å². The van der Waals surface area contributed by atoms with Crippen LogP contribution in [0, 0.1) is 5.92 Å². The number of carbonyl (C=O) groups is 1. The van der Waals surface area contributed by atoms with Crippen molar-refractivity contribution in [2.24, 2.45) is 5.92 Å². The second-order valence-corrected chi connectivity index (χ2v) is 3.51. The fourth-order valence-electron chi connectivity index (χ4n) is 2.14. The Morgan fingerprint density at radius 1 is 1.67 bits per heavy atom. The van der Waals surface area contributed by atoms with Gasteiger partial charge in [-0.15, -0.1) is 0 Å². The van der Waals surface area contributed by atoms with Gasteiger partial charge in [-0.1, -0.05) is 0 Å². The maximum absolute atomic E-state index is 11.0. The highest BCUT2D eigenvalue weighted by molar-refractivity contribution is 5.79. The summed E-state index contributed by atoms with van der Waals surface area (Å²) in [6, 6.07) is 0. The summed E-state index contributed by atoms with van der Waals surface area (Å²) < 4.78 is 5.39. The van der Waals surface area contributed by atoms with Gasteiger partial charge in [0.15, 0.2) is 5.60 Å². The topological polar surface area (TPSA) is 58.6 Å². The Morgan fingerprint density at radius 3 is 3.17 bits per heavy atom.